The molecular formula is C8H13N3O2. The summed E-state index contributed by atoms with van der Waals surface area (Å²) in [6.07, 6.45) is 3.22. The number of aliphatic imine (C=N–C) groups is 2. The minimum atomic E-state index is -0.811. The molecule has 0 radical (unpaired) electrons. The van der Waals surface area contributed by atoms with E-state index in [2.05, 4.69) is 9.98 Å². The largest absolute Gasteiger partial charge is 0.481 e. The maximum atomic E-state index is 10.5. The minimum Gasteiger partial charge on any atom is -0.481 e. The summed E-state index contributed by atoms with van der Waals surface area (Å²) >= 11 is 0. The molecule has 0 fully saturated rings. The Kier molecular flexibility index (Phi) is 3.13. The van der Waals surface area contributed by atoms with E-state index < -0.39 is 5.97 Å². The van der Waals surface area contributed by atoms with E-state index in [4.69, 9.17) is 5.11 Å². The normalized spacial score (nSPS) is 22.5. The maximum Gasteiger partial charge on any atom is 0.305 e. The quantitative estimate of drug-likeness (QED) is 0.660. The average molecular weight is 183 g/mol. The molecule has 0 saturated carbocycles. The molecular weight excluding hydrogens is 170 g/mol. The first-order chi connectivity index (χ1) is 6.11. The minimum absolute atomic E-state index is 0.0844. The van der Waals surface area contributed by atoms with Gasteiger partial charge in [0.1, 0.15) is 12.4 Å². The molecule has 0 amide bonds. The fourth-order valence-electron chi connectivity index (χ4n) is 1.27. The van der Waals surface area contributed by atoms with Gasteiger partial charge in [-0.05, 0) is 14.1 Å². The van der Waals surface area contributed by atoms with E-state index in [9.17, 15) is 4.79 Å². The lowest BCUT2D eigenvalue weighted by Gasteiger charge is -2.24. The van der Waals surface area contributed by atoms with Gasteiger partial charge in [-0.25, -0.2) is 4.99 Å². The molecule has 1 rings (SSSR count). The van der Waals surface area contributed by atoms with Crippen molar-refractivity contribution >= 4 is 18.5 Å². The summed E-state index contributed by atoms with van der Waals surface area (Å²) < 4.78 is 0. The van der Waals surface area contributed by atoms with Crippen molar-refractivity contribution in [3.63, 3.8) is 0 Å². The highest BCUT2D eigenvalue weighted by atomic mass is 16.4. The Labute approximate surface area is 76.8 Å². The van der Waals surface area contributed by atoms with Crippen LogP contribution in [0.2, 0.25) is 0 Å². The van der Waals surface area contributed by atoms with E-state index in [1.54, 1.807) is 6.21 Å². The Bertz CT molecular complexity index is 236. The topological polar surface area (TPSA) is 65.3 Å². The molecule has 0 bridgehead atoms. The lowest BCUT2D eigenvalue weighted by Crippen LogP contribution is -2.39. The molecule has 5 heteroatoms. The molecule has 1 aliphatic rings. The predicted molar refractivity (Wildman–Crippen MR) is 50.5 cm³/mol. The molecule has 0 aromatic rings. The van der Waals surface area contributed by atoms with Gasteiger partial charge < -0.3 is 10.0 Å². The molecule has 72 valence electrons. The van der Waals surface area contributed by atoms with Gasteiger partial charge >= 0.3 is 5.97 Å². The summed E-state index contributed by atoms with van der Waals surface area (Å²) in [5, 5.41) is 8.67. The van der Waals surface area contributed by atoms with Crippen molar-refractivity contribution in [1.29, 1.82) is 0 Å². The molecule has 2 atom stereocenters. The average Bonchev–Trinajstić information content (AvgIpc) is 2.50. The SMILES string of the molecule is CN(C)C(CC(=O)O)C1C=NC=N1. The van der Waals surface area contributed by atoms with Crippen molar-refractivity contribution < 1.29 is 9.90 Å². The number of likely N-dealkylation sites (N-methyl/N-ethyl adjacent to an activating group) is 1. The third kappa shape index (κ3) is 2.62. The second-order valence-electron chi connectivity index (χ2n) is 3.18. The molecule has 0 spiro atoms. The smallest absolute Gasteiger partial charge is 0.305 e. The number of carbonyl (C=O) groups is 1. The van der Waals surface area contributed by atoms with E-state index >= 15 is 0 Å². The van der Waals surface area contributed by atoms with Crippen LogP contribution < -0.4 is 0 Å². The monoisotopic (exact) mass is 183 g/mol. The molecule has 1 heterocycles. The molecule has 2 unspecified atom stereocenters. The summed E-state index contributed by atoms with van der Waals surface area (Å²) in [6, 6.07) is -0.230. The third-order valence-corrected chi connectivity index (χ3v) is 1.99. The van der Waals surface area contributed by atoms with Gasteiger partial charge in [-0.2, -0.15) is 0 Å². The third-order valence-electron chi connectivity index (χ3n) is 1.99. The molecule has 0 saturated heterocycles. The molecule has 13 heavy (non-hydrogen) atoms. The first-order valence-corrected chi connectivity index (χ1v) is 4.04. The van der Waals surface area contributed by atoms with E-state index in [1.807, 2.05) is 19.0 Å². The van der Waals surface area contributed by atoms with Crippen LogP contribution in [0.4, 0.5) is 0 Å². The molecule has 1 aliphatic heterocycles. The Morgan fingerprint density at radius 2 is 2.38 bits per heavy atom. The van der Waals surface area contributed by atoms with Crippen LogP contribution in [0.5, 0.6) is 0 Å². The Morgan fingerprint density at radius 1 is 1.69 bits per heavy atom. The van der Waals surface area contributed by atoms with Gasteiger partial charge in [0.05, 0.1) is 6.42 Å². The van der Waals surface area contributed by atoms with Crippen LogP contribution in [-0.4, -0.2) is 54.7 Å². The summed E-state index contributed by atoms with van der Waals surface area (Å²) in [4.78, 5) is 20.3. The highest BCUT2D eigenvalue weighted by Crippen LogP contribution is 2.10. The van der Waals surface area contributed by atoms with Crippen molar-refractivity contribution in [2.45, 2.75) is 18.5 Å². The standard InChI is InChI=1S/C8H13N3O2/c1-11(2)7(3-8(12)13)6-4-9-5-10-6/h4-7H,3H2,1-2H3,(H,12,13). The van der Waals surface area contributed by atoms with Crippen LogP contribution in [0.15, 0.2) is 9.98 Å². The molecule has 5 nitrogen and oxygen atoms in total. The van der Waals surface area contributed by atoms with Gasteiger partial charge in [-0.1, -0.05) is 0 Å². The predicted octanol–water partition coefficient (Wildman–Crippen LogP) is -0.127. The van der Waals surface area contributed by atoms with Crippen molar-refractivity contribution in [2.75, 3.05) is 14.1 Å². The molecule has 0 aromatic heterocycles. The first kappa shape index (κ1) is 9.85. The number of nitrogens with zero attached hydrogens (tertiary/aromatic N) is 3. The van der Waals surface area contributed by atoms with Gasteiger partial charge in [0.2, 0.25) is 0 Å². The number of hydrogen-bond acceptors (Lipinski definition) is 4. The van der Waals surface area contributed by atoms with E-state index in [1.165, 1.54) is 6.34 Å². The van der Waals surface area contributed by atoms with Gasteiger partial charge in [-0.15, -0.1) is 0 Å². The Balaban J connectivity index is 2.61. The van der Waals surface area contributed by atoms with E-state index in [0.29, 0.717) is 0 Å². The zero-order valence-electron chi connectivity index (χ0n) is 7.71. The number of carboxylic acid groups (broad SMARTS) is 1. The molecule has 0 aromatic carbocycles. The van der Waals surface area contributed by atoms with Crippen LogP contribution in [0.3, 0.4) is 0 Å². The summed E-state index contributed by atoms with van der Waals surface area (Å²) in [5.41, 5.74) is 0. The number of aliphatic carboxylic acids is 1. The van der Waals surface area contributed by atoms with Gasteiger partial charge in [0.15, 0.2) is 0 Å². The van der Waals surface area contributed by atoms with Gasteiger partial charge in [0.25, 0.3) is 0 Å². The van der Waals surface area contributed by atoms with Crippen molar-refractivity contribution in [2.24, 2.45) is 9.98 Å². The highest BCUT2D eigenvalue weighted by molar-refractivity contribution is 5.83. The fourth-order valence-corrected chi connectivity index (χ4v) is 1.27. The van der Waals surface area contributed by atoms with Crippen LogP contribution >= 0.6 is 0 Å². The van der Waals surface area contributed by atoms with Crippen LogP contribution in [0.25, 0.3) is 0 Å². The van der Waals surface area contributed by atoms with Gasteiger partial charge in [0, 0.05) is 12.3 Å². The van der Waals surface area contributed by atoms with Crippen molar-refractivity contribution in [3.8, 4) is 0 Å². The van der Waals surface area contributed by atoms with Gasteiger partial charge in [-0.3, -0.25) is 9.79 Å². The Hall–Kier alpha value is -1.23. The lowest BCUT2D eigenvalue weighted by atomic mass is 10.1. The zero-order valence-corrected chi connectivity index (χ0v) is 7.71. The summed E-state index contributed by atoms with van der Waals surface area (Å²) in [7, 11) is 3.69. The fraction of sp³-hybridized carbons (Fsp3) is 0.625. The van der Waals surface area contributed by atoms with Crippen LogP contribution in [-0.2, 0) is 4.79 Å². The van der Waals surface area contributed by atoms with Crippen molar-refractivity contribution in [3.05, 3.63) is 0 Å². The Morgan fingerprint density at radius 3 is 2.77 bits per heavy atom. The number of rotatable bonds is 4. The van der Waals surface area contributed by atoms with Crippen LogP contribution in [0, 0.1) is 0 Å². The second kappa shape index (κ2) is 4.13. The van der Waals surface area contributed by atoms with Crippen molar-refractivity contribution in [1.82, 2.24) is 4.90 Å². The van der Waals surface area contributed by atoms with E-state index in [-0.39, 0.29) is 18.5 Å². The second-order valence-corrected chi connectivity index (χ2v) is 3.18. The maximum absolute atomic E-state index is 10.5. The van der Waals surface area contributed by atoms with Crippen LogP contribution in [0.1, 0.15) is 6.42 Å². The summed E-state index contributed by atoms with van der Waals surface area (Å²) in [6.45, 7) is 0. The van der Waals surface area contributed by atoms with E-state index in [0.717, 1.165) is 0 Å². The summed E-state index contributed by atoms with van der Waals surface area (Å²) in [5.74, 6) is -0.811. The first-order valence-electron chi connectivity index (χ1n) is 4.04. The highest BCUT2D eigenvalue weighted by Gasteiger charge is 2.25. The molecule has 1 N–H and O–H groups in total. The number of hydrogen-bond donors (Lipinski definition) is 1. The molecule has 0 aliphatic carbocycles. The zero-order chi connectivity index (χ0) is 9.84. The number of carboxylic acids is 1. The lowest BCUT2D eigenvalue weighted by molar-refractivity contribution is -0.138.